The van der Waals surface area contributed by atoms with Crippen LogP contribution in [0.3, 0.4) is 0 Å². The van der Waals surface area contributed by atoms with Gasteiger partial charge in [-0.05, 0) is 43.5 Å². The smallest absolute Gasteiger partial charge is 0.230 e. The second-order valence-electron chi connectivity index (χ2n) is 6.30. The van der Waals surface area contributed by atoms with Crippen LogP contribution < -0.4 is 10.6 Å². The van der Waals surface area contributed by atoms with Crippen molar-refractivity contribution >= 4 is 17.5 Å². The monoisotopic (exact) mass is 318 g/mol. The Morgan fingerprint density at radius 3 is 2.59 bits per heavy atom. The van der Waals surface area contributed by atoms with E-state index in [2.05, 4.69) is 16.7 Å². The van der Waals surface area contributed by atoms with Gasteiger partial charge in [-0.15, -0.1) is 0 Å². The highest BCUT2D eigenvalue weighted by atomic mass is 35.5. The lowest BCUT2D eigenvalue weighted by Gasteiger charge is -2.29. The molecule has 1 aliphatic heterocycles. The molecule has 3 nitrogen and oxygen atoms in total. The summed E-state index contributed by atoms with van der Waals surface area (Å²) in [7, 11) is 0. The fraction of sp³-hybridized carbons (Fsp3) is 0.500. The molecule has 0 atom stereocenters. The van der Waals surface area contributed by atoms with Gasteiger partial charge in [0.25, 0.3) is 0 Å². The van der Waals surface area contributed by atoms with Crippen molar-refractivity contribution in [3.63, 3.8) is 0 Å². The summed E-state index contributed by atoms with van der Waals surface area (Å²) in [4.78, 5) is 12.9. The molecule has 0 aromatic heterocycles. The third-order valence-electron chi connectivity index (χ3n) is 4.92. The number of nitrogens with one attached hydrogen (secondary N) is 2. The zero-order valence-corrected chi connectivity index (χ0v) is 13.6. The highest BCUT2D eigenvalue weighted by Gasteiger charge is 2.42. The number of amides is 1. The minimum atomic E-state index is -0.363. The summed E-state index contributed by atoms with van der Waals surface area (Å²) >= 11 is 5.99. The van der Waals surface area contributed by atoms with Crippen LogP contribution in [-0.2, 0) is 10.2 Å². The Balaban J connectivity index is 1.74. The summed E-state index contributed by atoms with van der Waals surface area (Å²) in [5.74, 6) is 0.173. The van der Waals surface area contributed by atoms with Crippen molar-refractivity contribution in [3.8, 4) is 0 Å². The van der Waals surface area contributed by atoms with Gasteiger partial charge in [-0.1, -0.05) is 48.2 Å². The van der Waals surface area contributed by atoms with Crippen LogP contribution in [0.2, 0.25) is 5.02 Å². The molecule has 1 fully saturated rings. The van der Waals surface area contributed by atoms with E-state index in [1.807, 2.05) is 24.3 Å². The second kappa shape index (κ2) is 6.84. The summed E-state index contributed by atoms with van der Waals surface area (Å²) in [6.07, 6.45) is 7.30. The SMILES string of the molecule is O=C(NCC1=CCNCC1)C1(c2ccc(Cl)cc2)CCCC1. The predicted molar refractivity (Wildman–Crippen MR) is 90.2 cm³/mol. The van der Waals surface area contributed by atoms with Gasteiger partial charge in [0.2, 0.25) is 5.91 Å². The van der Waals surface area contributed by atoms with Crippen LogP contribution in [0.25, 0.3) is 0 Å². The van der Waals surface area contributed by atoms with Crippen molar-refractivity contribution < 1.29 is 4.79 Å². The van der Waals surface area contributed by atoms with E-state index >= 15 is 0 Å². The van der Waals surface area contributed by atoms with Gasteiger partial charge >= 0.3 is 0 Å². The lowest BCUT2D eigenvalue weighted by atomic mass is 9.78. The third kappa shape index (κ3) is 3.21. The Kier molecular flexibility index (Phi) is 4.84. The molecule has 118 valence electrons. The first-order valence-electron chi connectivity index (χ1n) is 8.14. The van der Waals surface area contributed by atoms with Crippen LogP contribution in [-0.4, -0.2) is 25.5 Å². The van der Waals surface area contributed by atoms with Crippen LogP contribution in [0.15, 0.2) is 35.9 Å². The first-order valence-corrected chi connectivity index (χ1v) is 8.51. The fourth-order valence-corrected chi connectivity index (χ4v) is 3.71. The van der Waals surface area contributed by atoms with E-state index < -0.39 is 0 Å². The summed E-state index contributed by atoms with van der Waals surface area (Å²) < 4.78 is 0. The minimum absolute atomic E-state index is 0.173. The Labute approximate surface area is 137 Å². The third-order valence-corrected chi connectivity index (χ3v) is 5.17. The standard InChI is InChI=1S/C18H23ClN2O/c19-16-5-3-15(4-6-16)18(9-1-2-10-18)17(22)21-13-14-7-11-20-12-8-14/h3-7,20H,1-2,8-13H2,(H,21,22). The van der Waals surface area contributed by atoms with Crippen LogP contribution in [0.4, 0.5) is 0 Å². The zero-order valence-electron chi connectivity index (χ0n) is 12.8. The molecule has 1 heterocycles. The number of hydrogen-bond donors (Lipinski definition) is 2. The molecule has 0 radical (unpaired) electrons. The number of halogens is 1. The summed E-state index contributed by atoms with van der Waals surface area (Å²) in [6.45, 7) is 2.59. The summed E-state index contributed by atoms with van der Waals surface area (Å²) in [6, 6.07) is 7.80. The molecule has 0 bridgehead atoms. The molecule has 1 aromatic carbocycles. The molecule has 2 aliphatic rings. The Morgan fingerprint density at radius 2 is 1.95 bits per heavy atom. The van der Waals surface area contributed by atoms with Crippen molar-refractivity contribution in [1.29, 1.82) is 0 Å². The molecule has 1 aromatic rings. The van der Waals surface area contributed by atoms with E-state index in [4.69, 9.17) is 11.6 Å². The average molecular weight is 319 g/mol. The van der Waals surface area contributed by atoms with Crippen molar-refractivity contribution in [1.82, 2.24) is 10.6 Å². The molecule has 0 spiro atoms. The molecule has 1 saturated carbocycles. The average Bonchev–Trinajstić information content (AvgIpc) is 3.05. The Hall–Kier alpha value is -1.32. The molecule has 2 N–H and O–H groups in total. The van der Waals surface area contributed by atoms with Gasteiger partial charge in [-0.3, -0.25) is 4.79 Å². The largest absolute Gasteiger partial charge is 0.352 e. The van der Waals surface area contributed by atoms with E-state index in [1.54, 1.807) is 0 Å². The van der Waals surface area contributed by atoms with E-state index in [0.717, 1.165) is 55.8 Å². The normalized spacial score (nSPS) is 20.5. The van der Waals surface area contributed by atoms with Gasteiger partial charge in [0.05, 0.1) is 5.41 Å². The molecule has 4 heteroatoms. The number of carbonyl (C=O) groups excluding carboxylic acids is 1. The Morgan fingerprint density at radius 1 is 1.23 bits per heavy atom. The lowest BCUT2D eigenvalue weighted by Crippen LogP contribution is -2.43. The maximum atomic E-state index is 12.9. The van der Waals surface area contributed by atoms with Gasteiger partial charge in [-0.2, -0.15) is 0 Å². The number of benzene rings is 1. The molecule has 0 unspecified atom stereocenters. The van der Waals surface area contributed by atoms with Crippen LogP contribution in [0.1, 0.15) is 37.7 Å². The van der Waals surface area contributed by atoms with Crippen molar-refractivity contribution in [2.24, 2.45) is 0 Å². The minimum Gasteiger partial charge on any atom is -0.352 e. The van der Waals surface area contributed by atoms with E-state index in [-0.39, 0.29) is 11.3 Å². The molecule has 3 rings (SSSR count). The highest BCUT2D eigenvalue weighted by molar-refractivity contribution is 6.30. The first kappa shape index (κ1) is 15.6. The van der Waals surface area contributed by atoms with Crippen molar-refractivity contribution in [3.05, 3.63) is 46.5 Å². The van der Waals surface area contributed by atoms with Crippen molar-refractivity contribution in [2.45, 2.75) is 37.5 Å². The van der Waals surface area contributed by atoms with E-state index in [1.165, 1.54) is 5.57 Å². The topological polar surface area (TPSA) is 41.1 Å². The molecule has 22 heavy (non-hydrogen) atoms. The molecule has 1 amide bonds. The second-order valence-corrected chi connectivity index (χ2v) is 6.73. The van der Waals surface area contributed by atoms with Crippen molar-refractivity contribution in [2.75, 3.05) is 19.6 Å². The molecular weight excluding hydrogens is 296 g/mol. The predicted octanol–water partition coefficient (Wildman–Crippen LogP) is 3.19. The van der Waals surface area contributed by atoms with Crippen LogP contribution in [0, 0.1) is 0 Å². The van der Waals surface area contributed by atoms with Gasteiger partial charge in [0, 0.05) is 18.1 Å². The summed E-state index contributed by atoms with van der Waals surface area (Å²) in [5, 5.41) is 7.19. The van der Waals surface area contributed by atoms with Crippen LogP contribution in [0.5, 0.6) is 0 Å². The first-order chi connectivity index (χ1) is 10.7. The highest BCUT2D eigenvalue weighted by Crippen LogP contribution is 2.41. The van der Waals surface area contributed by atoms with E-state index in [0.29, 0.717) is 6.54 Å². The van der Waals surface area contributed by atoms with Crippen LogP contribution >= 0.6 is 11.6 Å². The summed E-state index contributed by atoms with van der Waals surface area (Å²) in [5.41, 5.74) is 2.07. The number of hydrogen-bond acceptors (Lipinski definition) is 2. The maximum Gasteiger partial charge on any atom is 0.230 e. The molecular formula is C18H23ClN2O. The number of rotatable bonds is 4. The Bertz CT molecular complexity index is 559. The fourth-order valence-electron chi connectivity index (χ4n) is 3.59. The van der Waals surface area contributed by atoms with E-state index in [9.17, 15) is 4.79 Å². The number of carbonyl (C=O) groups is 1. The van der Waals surface area contributed by atoms with Gasteiger partial charge in [-0.25, -0.2) is 0 Å². The van der Waals surface area contributed by atoms with Gasteiger partial charge in [0.15, 0.2) is 0 Å². The quantitative estimate of drug-likeness (QED) is 0.837. The lowest BCUT2D eigenvalue weighted by molar-refractivity contribution is -0.126. The molecule has 0 saturated heterocycles. The maximum absolute atomic E-state index is 12.9. The zero-order chi connectivity index (χ0) is 15.4. The van der Waals surface area contributed by atoms with Gasteiger partial charge < -0.3 is 10.6 Å². The van der Waals surface area contributed by atoms with Gasteiger partial charge in [0.1, 0.15) is 0 Å². The molecule has 1 aliphatic carbocycles.